The molecule has 1 aliphatic heterocycles. The van der Waals surface area contributed by atoms with Crippen molar-refractivity contribution in [3.8, 4) is 5.75 Å². The average Bonchev–Trinajstić information content (AvgIpc) is 2.39. The zero-order chi connectivity index (χ0) is 13.7. The van der Waals surface area contributed by atoms with Crippen molar-refractivity contribution in [2.24, 2.45) is 11.7 Å². The molecule has 1 saturated heterocycles. The monoisotopic (exact) mass is 362 g/mol. The highest BCUT2D eigenvalue weighted by Crippen LogP contribution is 2.20. The Balaban J connectivity index is 0.00000200. The second kappa shape index (κ2) is 8.88. The van der Waals surface area contributed by atoms with Crippen LogP contribution >= 0.6 is 28.3 Å². The van der Waals surface area contributed by atoms with Gasteiger partial charge in [0.15, 0.2) is 0 Å². The molecule has 1 heterocycles. The van der Waals surface area contributed by atoms with Gasteiger partial charge in [0, 0.05) is 17.1 Å². The Kier molecular flexibility index (Phi) is 7.88. The highest BCUT2D eigenvalue weighted by molar-refractivity contribution is 9.10. The highest BCUT2D eigenvalue weighted by atomic mass is 79.9. The lowest BCUT2D eigenvalue weighted by molar-refractivity contribution is 0.147. The number of halogens is 2. The van der Waals surface area contributed by atoms with Gasteiger partial charge >= 0.3 is 0 Å². The van der Waals surface area contributed by atoms with Crippen LogP contribution in [0.4, 0.5) is 0 Å². The van der Waals surface area contributed by atoms with Gasteiger partial charge in [-0.05, 0) is 57.0 Å². The van der Waals surface area contributed by atoms with Gasteiger partial charge in [0.1, 0.15) is 12.4 Å². The Morgan fingerprint density at radius 3 is 2.70 bits per heavy atom. The third-order valence-corrected chi connectivity index (χ3v) is 4.34. The minimum Gasteiger partial charge on any atom is -0.492 e. The van der Waals surface area contributed by atoms with E-state index in [0.717, 1.165) is 36.5 Å². The lowest BCUT2D eigenvalue weighted by Gasteiger charge is -2.33. The Hall–Kier alpha value is -0.290. The first-order chi connectivity index (χ1) is 9.15. The number of ether oxygens (including phenoxy) is 1. The van der Waals surface area contributed by atoms with Gasteiger partial charge in [0.05, 0.1) is 0 Å². The molecule has 2 N–H and O–H groups in total. The van der Waals surface area contributed by atoms with Crippen LogP contribution in [0.3, 0.4) is 0 Å². The summed E-state index contributed by atoms with van der Waals surface area (Å²) in [7, 11) is 0. The first-order valence-electron chi connectivity index (χ1n) is 7.01. The summed E-state index contributed by atoms with van der Waals surface area (Å²) in [6, 6.07) is 8.33. The molecule has 0 bridgehead atoms. The Morgan fingerprint density at radius 2 is 2.10 bits per heavy atom. The number of hydrogen-bond donors (Lipinski definition) is 1. The summed E-state index contributed by atoms with van der Waals surface area (Å²) in [6.45, 7) is 6.16. The van der Waals surface area contributed by atoms with Gasteiger partial charge in [-0.1, -0.05) is 22.0 Å². The number of piperidine rings is 1. The quantitative estimate of drug-likeness (QED) is 0.872. The van der Waals surface area contributed by atoms with E-state index in [1.54, 1.807) is 0 Å². The maximum absolute atomic E-state index is 5.96. The van der Waals surface area contributed by atoms with Crippen LogP contribution in [0.5, 0.6) is 5.75 Å². The van der Waals surface area contributed by atoms with Crippen LogP contribution in [0.25, 0.3) is 0 Å². The molecule has 0 amide bonds. The van der Waals surface area contributed by atoms with E-state index in [4.69, 9.17) is 10.5 Å². The van der Waals surface area contributed by atoms with Crippen molar-refractivity contribution in [3.05, 3.63) is 28.7 Å². The van der Waals surface area contributed by atoms with Crippen molar-refractivity contribution in [2.75, 3.05) is 26.2 Å². The van der Waals surface area contributed by atoms with Crippen LogP contribution in [0.2, 0.25) is 0 Å². The topological polar surface area (TPSA) is 38.5 Å². The maximum Gasteiger partial charge on any atom is 0.120 e. The van der Waals surface area contributed by atoms with Crippen LogP contribution in [-0.2, 0) is 0 Å². The van der Waals surface area contributed by atoms with Gasteiger partial charge in [0.2, 0.25) is 0 Å². The molecule has 0 aliphatic carbocycles. The molecule has 0 spiro atoms. The standard InChI is InChI=1S/C15H23BrN2O.ClH/c1-12(17)13-5-7-18(8-6-13)9-10-19-15-4-2-3-14(16)11-15;/h2-4,11-13H,5-10,17H2,1H3;1H. The largest absolute Gasteiger partial charge is 0.492 e. The number of benzene rings is 1. The van der Waals surface area contributed by atoms with E-state index < -0.39 is 0 Å². The number of nitrogens with zero attached hydrogens (tertiary/aromatic N) is 1. The van der Waals surface area contributed by atoms with Gasteiger partial charge in [-0.15, -0.1) is 12.4 Å². The molecular formula is C15H24BrClN2O. The smallest absolute Gasteiger partial charge is 0.120 e. The number of likely N-dealkylation sites (tertiary alicyclic amines) is 1. The molecule has 0 saturated carbocycles. The summed E-state index contributed by atoms with van der Waals surface area (Å²) in [5.74, 6) is 1.63. The molecule has 114 valence electrons. The molecular weight excluding hydrogens is 340 g/mol. The predicted molar refractivity (Wildman–Crippen MR) is 89.7 cm³/mol. The fourth-order valence-electron chi connectivity index (χ4n) is 2.55. The molecule has 1 aromatic rings. The number of hydrogen-bond acceptors (Lipinski definition) is 3. The van der Waals surface area contributed by atoms with Gasteiger partial charge in [0.25, 0.3) is 0 Å². The molecule has 1 unspecified atom stereocenters. The molecule has 0 radical (unpaired) electrons. The fraction of sp³-hybridized carbons (Fsp3) is 0.600. The van der Waals surface area contributed by atoms with Crippen molar-refractivity contribution in [1.82, 2.24) is 4.90 Å². The van der Waals surface area contributed by atoms with Crippen LogP contribution in [0.1, 0.15) is 19.8 Å². The summed E-state index contributed by atoms with van der Waals surface area (Å²) >= 11 is 3.45. The minimum absolute atomic E-state index is 0. The first-order valence-corrected chi connectivity index (χ1v) is 7.81. The summed E-state index contributed by atoms with van der Waals surface area (Å²) in [5, 5.41) is 0. The summed E-state index contributed by atoms with van der Waals surface area (Å²) in [4.78, 5) is 2.47. The maximum atomic E-state index is 5.96. The van der Waals surface area contributed by atoms with Gasteiger partial charge < -0.3 is 10.5 Å². The summed E-state index contributed by atoms with van der Waals surface area (Å²) < 4.78 is 6.83. The normalized spacial score (nSPS) is 18.4. The Bertz CT molecular complexity index is 395. The van der Waals surface area contributed by atoms with Crippen LogP contribution in [0.15, 0.2) is 28.7 Å². The highest BCUT2D eigenvalue weighted by Gasteiger charge is 2.21. The lowest BCUT2D eigenvalue weighted by atomic mass is 9.91. The third kappa shape index (κ3) is 5.60. The fourth-order valence-corrected chi connectivity index (χ4v) is 2.93. The van der Waals surface area contributed by atoms with Gasteiger partial charge in [-0.25, -0.2) is 0 Å². The molecule has 1 fully saturated rings. The minimum atomic E-state index is 0. The van der Waals surface area contributed by atoms with E-state index in [-0.39, 0.29) is 12.4 Å². The van der Waals surface area contributed by atoms with E-state index in [9.17, 15) is 0 Å². The zero-order valence-corrected chi connectivity index (χ0v) is 14.3. The van der Waals surface area contributed by atoms with E-state index in [1.165, 1.54) is 12.8 Å². The van der Waals surface area contributed by atoms with Crippen LogP contribution < -0.4 is 10.5 Å². The zero-order valence-electron chi connectivity index (χ0n) is 11.9. The molecule has 2 rings (SSSR count). The third-order valence-electron chi connectivity index (χ3n) is 3.85. The van der Waals surface area contributed by atoms with Crippen molar-refractivity contribution < 1.29 is 4.74 Å². The molecule has 20 heavy (non-hydrogen) atoms. The molecule has 1 aliphatic rings. The van der Waals surface area contributed by atoms with E-state index >= 15 is 0 Å². The predicted octanol–water partition coefficient (Wildman–Crippen LogP) is 3.31. The molecule has 1 aromatic carbocycles. The molecule has 0 aromatic heterocycles. The van der Waals surface area contributed by atoms with E-state index in [1.807, 2.05) is 24.3 Å². The van der Waals surface area contributed by atoms with Crippen molar-refractivity contribution in [2.45, 2.75) is 25.8 Å². The summed E-state index contributed by atoms with van der Waals surface area (Å²) in [6.07, 6.45) is 2.43. The molecule has 5 heteroatoms. The van der Waals surface area contributed by atoms with Crippen LogP contribution in [-0.4, -0.2) is 37.2 Å². The van der Waals surface area contributed by atoms with Crippen LogP contribution in [0, 0.1) is 5.92 Å². The second-order valence-electron chi connectivity index (χ2n) is 5.34. The number of nitrogens with two attached hydrogens (primary N) is 1. The van der Waals surface area contributed by atoms with E-state index in [2.05, 4.69) is 27.8 Å². The molecule has 1 atom stereocenters. The van der Waals surface area contributed by atoms with E-state index in [0.29, 0.717) is 12.0 Å². The molecule has 3 nitrogen and oxygen atoms in total. The number of rotatable bonds is 5. The summed E-state index contributed by atoms with van der Waals surface area (Å²) in [5.41, 5.74) is 5.96. The Labute approximate surface area is 136 Å². The SMILES string of the molecule is CC(N)C1CCN(CCOc2cccc(Br)c2)CC1.Cl. The Morgan fingerprint density at radius 1 is 1.40 bits per heavy atom. The average molecular weight is 364 g/mol. The second-order valence-corrected chi connectivity index (χ2v) is 6.26. The van der Waals surface area contributed by atoms with Gasteiger partial charge in [-0.2, -0.15) is 0 Å². The van der Waals surface area contributed by atoms with Crippen molar-refractivity contribution in [1.29, 1.82) is 0 Å². The first kappa shape index (κ1) is 17.8. The lowest BCUT2D eigenvalue weighted by Crippen LogP contribution is -2.41. The van der Waals surface area contributed by atoms with Crippen molar-refractivity contribution in [3.63, 3.8) is 0 Å². The van der Waals surface area contributed by atoms with Crippen molar-refractivity contribution >= 4 is 28.3 Å². The van der Waals surface area contributed by atoms with Gasteiger partial charge in [-0.3, -0.25) is 4.90 Å².